The van der Waals surface area contributed by atoms with Crippen LogP contribution < -0.4 is 4.90 Å². The maximum Gasteiger partial charge on any atom is 0.329 e. The van der Waals surface area contributed by atoms with Crippen LogP contribution in [0.2, 0.25) is 0 Å². The highest BCUT2D eigenvalue weighted by Crippen LogP contribution is 2.32. The van der Waals surface area contributed by atoms with Crippen LogP contribution in [0.3, 0.4) is 0 Å². The van der Waals surface area contributed by atoms with Gasteiger partial charge in [-0.05, 0) is 32.8 Å². The number of hydrogen-bond acceptors (Lipinski definition) is 5. The van der Waals surface area contributed by atoms with Gasteiger partial charge in [-0.25, -0.2) is 14.8 Å². The van der Waals surface area contributed by atoms with E-state index in [1.54, 1.807) is 24.8 Å². The highest BCUT2D eigenvalue weighted by molar-refractivity contribution is 5.83. The van der Waals surface area contributed by atoms with E-state index in [4.69, 9.17) is 5.26 Å². The predicted octanol–water partition coefficient (Wildman–Crippen LogP) is 1.10. The first-order valence-corrected chi connectivity index (χ1v) is 5.74. The number of hydrogen-bond donors (Lipinski definition) is 1. The van der Waals surface area contributed by atoms with Gasteiger partial charge in [0.25, 0.3) is 0 Å². The summed E-state index contributed by atoms with van der Waals surface area (Å²) in [5, 5.41) is 18.2. The smallest absolute Gasteiger partial charge is 0.329 e. The van der Waals surface area contributed by atoms with Gasteiger partial charge in [0.2, 0.25) is 5.95 Å². The van der Waals surface area contributed by atoms with Crippen LogP contribution in [0.15, 0.2) is 6.07 Å². The Balaban J connectivity index is 2.46. The van der Waals surface area contributed by atoms with Gasteiger partial charge >= 0.3 is 5.97 Å². The molecule has 0 saturated carbocycles. The monoisotopic (exact) mass is 246 g/mol. The number of aliphatic carboxylic acids is 1. The summed E-state index contributed by atoms with van der Waals surface area (Å²) in [5.41, 5.74) is -0.0612. The van der Waals surface area contributed by atoms with Crippen LogP contribution in [0.5, 0.6) is 0 Å². The molecule has 1 atom stereocenters. The van der Waals surface area contributed by atoms with Crippen LogP contribution in [0, 0.1) is 18.3 Å². The Morgan fingerprint density at radius 1 is 1.61 bits per heavy atom. The molecule has 6 nitrogen and oxygen atoms in total. The minimum atomic E-state index is -0.986. The molecule has 0 spiro atoms. The van der Waals surface area contributed by atoms with E-state index in [1.165, 1.54) is 0 Å². The molecule has 1 fully saturated rings. The second-order valence-corrected chi connectivity index (χ2v) is 4.64. The number of rotatable bonds is 2. The Kier molecular flexibility index (Phi) is 2.91. The van der Waals surface area contributed by atoms with E-state index in [-0.39, 0.29) is 5.69 Å². The maximum atomic E-state index is 11.4. The molecule has 0 radical (unpaired) electrons. The lowest BCUT2D eigenvalue weighted by molar-refractivity contribution is -0.142. The predicted molar refractivity (Wildman–Crippen MR) is 64.1 cm³/mol. The molecular weight excluding hydrogens is 232 g/mol. The zero-order valence-electron chi connectivity index (χ0n) is 10.3. The van der Waals surface area contributed by atoms with Gasteiger partial charge in [0, 0.05) is 12.2 Å². The second-order valence-electron chi connectivity index (χ2n) is 4.64. The molecule has 2 rings (SSSR count). The van der Waals surface area contributed by atoms with Crippen LogP contribution in [-0.2, 0) is 4.79 Å². The molecule has 1 aromatic rings. The topological polar surface area (TPSA) is 90.1 Å². The van der Waals surface area contributed by atoms with Gasteiger partial charge in [0.1, 0.15) is 17.3 Å². The number of carboxylic acids is 1. The number of nitriles is 1. The van der Waals surface area contributed by atoms with E-state index in [0.29, 0.717) is 24.6 Å². The molecule has 1 aromatic heterocycles. The lowest BCUT2D eigenvalue weighted by Gasteiger charge is -2.31. The first-order valence-electron chi connectivity index (χ1n) is 5.74. The van der Waals surface area contributed by atoms with Crippen molar-refractivity contribution < 1.29 is 9.90 Å². The Bertz CT molecular complexity index is 537. The standard InChI is InChI=1S/C12H14N4O2/c1-8-6-9(7-13)15-11(14-8)16-5-3-4-12(16,2)10(17)18/h6H,3-5H2,1-2H3,(H,17,18). The number of carboxylic acid groups (broad SMARTS) is 1. The number of aryl methyl sites for hydroxylation is 1. The average Bonchev–Trinajstić information content (AvgIpc) is 2.72. The quantitative estimate of drug-likeness (QED) is 0.840. The summed E-state index contributed by atoms with van der Waals surface area (Å²) in [7, 11) is 0. The Morgan fingerprint density at radius 2 is 2.33 bits per heavy atom. The third-order valence-corrected chi connectivity index (χ3v) is 3.30. The molecule has 0 aromatic carbocycles. The van der Waals surface area contributed by atoms with Crippen molar-refractivity contribution in [2.45, 2.75) is 32.2 Å². The fourth-order valence-electron chi connectivity index (χ4n) is 2.24. The number of anilines is 1. The van der Waals surface area contributed by atoms with Gasteiger partial charge in [-0.2, -0.15) is 5.26 Å². The summed E-state index contributed by atoms with van der Waals surface area (Å²) in [4.78, 5) is 21.4. The minimum absolute atomic E-state index is 0.261. The number of nitrogens with zero attached hydrogens (tertiary/aromatic N) is 4. The van der Waals surface area contributed by atoms with Crippen molar-refractivity contribution in [3.63, 3.8) is 0 Å². The molecule has 2 heterocycles. The van der Waals surface area contributed by atoms with E-state index in [9.17, 15) is 9.90 Å². The molecule has 1 N–H and O–H groups in total. The molecule has 94 valence electrons. The summed E-state index contributed by atoms with van der Waals surface area (Å²) < 4.78 is 0. The number of carbonyl (C=O) groups is 1. The van der Waals surface area contributed by atoms with E-state index in [1.807, 2.05) is 6.07 Å². The zero-order valence-corrected chi connectivity index (χ0v) is 10.3. The largest absolute Gasteiger partial charge is 0.480 e. The minimum Gasteiger partial charge on any atom is -0.480 e. The summed E-state index contributed by atoms with van der Waals surface area (Å²) >= 11 is 0. The van der Waals surface area contributed by atoms with Gasteiger partial charge in [0.05, 0.1) is 0 Å². The molecule has 1 aliphatic rings. The zero-order chi connectivity index (χ0) is 13.3. The van der Waals surface area contributed by atoms with Crippen molar-refractivity contribution in [3.05, 3.63) is 17.5 Å². The van der Waals surface area contributed by atoms with Gasteiger partial charge in [-0.3, -0.25) is 0 Å². The normalized spacial score (nSPS) is 22.8. The molecule has 1 saturated heterocycles. The Hall–Kier alpha value is -2.16. The summed E-state index contributed by atoms with van der Waals surface area (Å²) in [6.45, 7) is 4.03. The van der Waals surface area contributed by atoms with Crippen molar-refractivity contribution in [2.75, 3.05) is 11.4 Å². The Morgan fingerprint density at radius 3 is 2.94 bits per heavy atom. The van der Waals surface area contributed by atoms with Crippen molar-refractivity contribution in [2.24, 2.45) is 0 Å². The van der Waals surface area contributed by atoms with E-state index in [2.05, 4.69) is 9.97 Å². The fourth-order valence-corrected chi connectivity index (χ4v) is 2.24. The van der Waals surface area contributed by atoms with Gasteiger partial charge in [0.15, 0.2) is 0 Å². The van der Waals surface area contributed by atoms with Crippen molar-refractivity contribution in [1.82, 2.24) is 9.97 Å². The fraction of sp³-hybridized carbons (Fsp3) is 0.500. The third-order valence-electron chi connectivity index (χ3n) is 3.30. The lowest BCUT2D eigenvalue weighted by Crippen LogP contribution is -2.49. The first kappa shape index (κ1) is 12.3. The molecule has 0 bridgehead atoms. The summed E-state index contributed by atoms with van der Waals surface area (Å²) in [6, 6.07) is 3.54. The van der Waals surface area contributed by atoms with Crippen LogP contribution >= 0.6 is 0 Å². The van der Waals surface area contributed by atoms with Crippen molar-refractivity contribution in [1.29, 1.82) is 5.26 Å². The molecule has 1 aliphatic heterocycles. The van der Waals surface area contributed by atoms with Crippen molar-refractivity contribution >= 4 is 11.9 Å². The van der Waals surface area contributed by atoms with Crippen LogP contribution in [-0.4, -0.2) is 33.1 Å². The average molecular weight is 246 g/mol. The van der Waals surface area contributed by atoms with Gasteiger partial charge in [-0.15, -0.1) is 0 Å². The first-order chi connectivity index (χ1) is 8.47. The molecule has 1 unspecified atom stereocenters. The second kappa shape index (κ2) is 4.26. The molecule has 18 heavy (non-hydrogen) atoms. The molecular formula is C12H14N4O2. The molecule has 6 heteroatoms. The third kappa shape index (κ3) is 1.88. The highest BCUT2D eigenvalue weighted by Gasteiger charge is 2.44. The number of aromatic nitrogens is 2. The van der Waals surface area contributed by atoms with E-state index < -0.39 is 11.5 Å². The van der Waals surface area contributed by atoms with Crippen LogP contribution in [0.25, 0.3) is 0 Å². The van der Waals surface area contributed by atoms with Gasteiger partial charge in [-0.1, -0.05) is 0 Å². The highest BCUT2D eigenvalue weighted by atomic mass is 16.4. The summed E-state index contributed by atoms with van der Waals surface area (Å²) in [5.74, 6) is -0.558. The summed E-state index contributed by atoms with van der Waals surface area (Å²) in [6.07, 6.45) is 1.34. The molecule has 0 amide bonds. The molecule has 0 aliphatic carbocycles. The van der Waals surface area contributed by atoms with Crippen molar-refractivity contribution in [3.8, 4) is 6.07 Å². The van der Waals surface area contributed by atoms with Gasteiger partial charge < -0.3 is 10.0 Å². The van der Waals surface area contributed by atoms with E-state index in [0.717, 1.165) is 6.42 Å². The lowest BCUT2D eigenvalue weighted by atomic mass is 10.00. The van der Waals surface area contributed by atoms with E-state index >= 15 is 0 Å². The van der Waals surface area contributed by atoms with Crippen LogP contribution in [0.1, 0.15) is 31.2 Å². The van der Waals surface area contributed by atoms with Crippen LogP contribution in [0.4, 0.5) is 5.95 Å². The maximum absolute atomic E-state index is 11.4. The Labute approximate surface area is 105 Å². The SMILES string of the molecule is Cc1cc(C#N)nc(N2CCCC2(C)C(=O)O)n1.